The summed E-state index contributed by atoms with van der Waals surface area (Å²) in [5, 5.41) is 11.2. The number of benzene rings is 2. The minimum atomic E-state index is -0.520. The van der Waals surface area contributed by atoms with E-state index >= 15 is 0 Å². The highest BCUT2D eigenvalue weighted by molar-refractivity contribution is 6.33. The fourth-order valence-electron chi connectivity index (χ4n) is 3.40. The number of carbonyl (C=O) groups excluding carboxylic acids is 1. The minimum absolute atomic E-state index is 0.128. The first kappa shape index (κ1) is 19.2. The van der Waals surface area contributed by atoms with Crippen LogP contribution in [0, 0.1) is 16.0 Å². The van der Waals surface area contributed by atoms with Crippen LogP contribution in [-0.2, 0) is 6.42 Å². The molecule has 2 aromatic rings. The zero-order valence-electron chi connectivity index (χ0n) is 15.1. The number of non-ortho nitro benzene ring substituents is 1. The van der Waals surface area contributed by atoms with Gasteiger partial charge in [0, 0.05) is 25.2 Å². The second kappa shape index (κ2) is 8.39. The number of ether oxygens (including phenoxy) is 1. The Labute approximate surface area is 162 Å². The van der Waals surface area contributed by atoms with Crippen molar-refractivity contribution in [2.24, 2.45) is 5.92 Å². The lowest BCUT2D eigenvalue weighted by Gasteiger charge is -2.32. The fourth-order valence-corrected chi connectivity index (χ4v) is 3.59. The monoisotopic (exact) mass is 388 g/mol. The first-order valence-electron chi connectivity index (χ1n) is 8.84. The number of rotatable bonds is 5. The number of nitro groups is 1. The second-order valence-corrected chi connectivity index (χ2v) is 7.12. The van der Waals surface area contributed by atoms with Crippen molar-refractivity contribution in [3.05, 3.63) is 68.7 Å². The van der Waals surface area contributed by atoms with Gasteiger partial charge in [-0.15, -0.1) is 0 Å². The standard InChI is InChI=1S/C20H21ClN2O4/c1-27-17-5-2-14(3-6-17)12-15-8-10-22(11-9-15)20(24)18-13-16(23(25)26)4-7-19(18)21/h2-7,13,15H,8-12H2,1H3. The molecular weight excluding hydrogens is 368 g/mol. The summed E-state index contributed by atoms with van der Waals surface area (Å²) in [6.07, 6.45) is 2.75. The van der Waals surface area contributed by atoms with Crippen LogP contribution in [0.2, 0.25) is 5.02 Å². The summed E-state index contributed by atoms with van der Waals surface area (Å²) in [4.78, 5) is 24.9. The van der Waals surface area contributed by atoms with Crippen molar-refractivity contribution in [3.63, 3.8) is 0 Å². The van der Waals surface area contributed by atoms with Gasteiger partial charge in [0.05, 0.1) is 22.6 Å². The highest BCUT2D eigenvalue weighted by Gasteiger charge is 2.26. The van der Waals surface area contributed by atoms with E-state index in [0.29, 0.717) is 19.0 Å². The lowest BCUT2D eigenvalue weighted by atomic mass is 9.90. The molecule has 1 amide bonds. The van der Waals surface area contributed by atoms with Crippen molar-refractivity contribution >= 4 is 23.2 Å². The van der Waals surface area contributed by atoms with Crippen LogP contribution in [0.4, 0.5) is 5.69 Å². The summed E-state index contributed by atoms with van der Waals surface area (Å²) >= 11 is 6.10. The predicted molar refractivity (Wildman–Crippen MR) is 103 cm³/mol. The summed E-state index contributed by atoms with van der Waals surface area (Å²) in [5.41, 5.74) is 1.32. The van der Waals surface area contributed by atoms with Gasteiger partial charge in [0.25, 0.3) is 11.6 Å². The third kappa shape index (κ3) is 4.57. The van der Waals surface area contributed by atoms with Crippen LogP contribution in [0.1, 0.15) is 28.8 Å². The van der Waals surface area contributed by atoms with Gasteiger partial charge in [-0.3, -0.25) is 14.9 Å². The number of nitrogens with zero attached hydrogens (tertiary/aromatic N) is 2. The summed E-state index contributed by atoms with van der Waals surface area (Å²) in [5.74, 6) is 1.10. The molecule has 1 fully saturated rings. The van der Waals surface area contributed by atoms with Crippen molar-refractivity contribution in [3.8, 4) is 5.75 Å². The zero-order valence-corrected chi connectivity index (χ0v) is 15.8. The highest BCUT2D eigenvalue weighted by Crippen LogP contribution is 2.27. The van der Waals surface area contributed by atoms with Crippen molar-refractivity contribution < 1.29 is 14.5 Å². The molecule has 0 saturated carbocycles. The number of halogens is 1. The van der Waals surface area contributed by atoms with Crippen molar-refractivity contribution in [2.75, 3.05) is 20.2 Å². The molecule has 0 atom stereocenters. The number of methoxy groups -OCH3 is 1. The number of nitro benzene ring substituents is 1. The Morgan fingerprint density at radius 2 is 1.89 bits per heavy atom. The second-order valence-electron chi connectivity index (χ2n) is 6.71. The van der Waals surface area contributed by atoms with Gasteiger partial charge in [-0.1, -0.05) is 23.7 Å². The SMILES string of the molecule is COc1ccc(CC2CCN(C(=O)c3cc([N+](=O)[O-])ccc3Cl)CC2)cc1. The van der Waals surface area contributed by atoms with Crippen LogP contribution in [0.3, 0.4) is 0 Å². The Morgan fingerprint density at radius 3 is 2.48 bits per heavy atom. The molecule has 3 rings (SSSR count). The fraction of sp³-hybridized carbons (Fsp3) is 0.350. The van der Waals surface area contributed by atoms with Gasteiger partial charge in [-0.25, -0.2) is 0 Å². The molecule has 0 bridgehead atoms. The Hall–Kier alpha value is -2.60. The van der Waals surface area contributed by atoms with Crippen molar-refractivity contribution in [1.82, 2.24) is 4.90 Å². The maximum Gasteiger partial charge on any atom is 0.270 e. The summed E-state index contributed by atoms with van der Waals surface area (Å²) in [7, 11) is 1.65. The van der Waals surface area contributed by atoms with E-state index < -0.39 is 4.92 Å². The number of amides is 1. The van der Waals surface area contributed by atoms with E-state index in [9.17, 15) is 14.9 Å². The molecule has 0 aromatic heterocycles. The van der Waals surface area contributed by atoms with E-state index in [2.05, 4.69) is 12.1 Å². The first-order valence-corrected chi connectivity index (χ1v) is 9.22. The largest absolute Gasteiger partial charge is 0.497 e. The van der Waals surface area contributed by atoms with Gasteiger partial charge in [0.15, 0.2) is 0 Å². The first-order chi connectivity index (χ1) is 13.0. The lowest BCUT2D eigenvalue weighted by Crippen LogP contribution is -2.39. The molecule has 2 aromatic carbocycles. The summed E-state index contributed by atoms with van der Waals surface area (Å²) < 4.78 is 5.18. The lowest BCUT2D eigenvalue weighted by molar-refractivity contribution is -0.384. The van der Waals surface area contributed by atoms with Crippen LogP contribution < -0.4 is 4.74 Å². The Balaban J connectivity index is 1.60. The molecule has 142 valence electrons. The molecule has 6 nitrogen and oxygen atoms in total. The molecule has 0 radical (unpaired) electrons. The zero-order chi connectivity index (χ0) is 19.4. The van der Waals surface area contributed by atoms with Crippen LogP contribution in [-0.4, -0.2) is 35.9 Å². The van der Waals surface area contributed by atoms with Crippen molar-refractivity contribution in [1.29, 1.82) is 0 Å². The van der Waals surface area contributed by atoms with Crippen LogP contribution in [0.15, 0.2) is 42.5 Å². The molecule has 1 aliphatic heterocycles. The third-order valence-electron chi connectivity index (χ3n) is 4.98. The van der Waals surface area contributed by atoms with Crippen LogP contribution in [0.25, 0.3) is 0 Å². The Morgan fingerprint density at radius 1 is 1.22 bits per heavy atom. The van der Waals surface area contributed by atoms with Gasteiger partial charge >= 0.3 is 0 Å². The van der Waals surface area contributed by atoms with Gasteiger partial charge in [0.1, 0.15) is 5.75 Å². The predicted octanol–water partition coefficient (Wildman–Crippen LogP) is 4.35. The molecule has 27 heavy (non-hydrogen) atoms. The average Bonchev–Trinajstić information content (AvgIpc) is 2.69. The smallest absolute Gasteiger partial charge is 0.270 e. The van der Waals surface area contributed by atoms with Gasteiger partial charge < -0.3 is 9.64 Å². The highest BCUT2D eigenvalue weighted by atomic mass is 35.5. The quantitative estimate of drug-likeness (QED) is 0.563. The topological polar surface area (TPSA) is 72.7 Å². The van der Waals surface area contributed by atoms with Gasteiger partial charge in [-0.05, 0) is 48.9 Å². The van der Waals surface area contributed by atoms with Crippen molar-refractivity contribution in [2.45, 2.75) is 19.3 Å². The summed E-state index contributed by atoms with van der Waals surface area (Å²) in [6, 6.07) is 12.0. The number of piperidine rings is 1. The number of carbonyl (C=O) groups is 1. The molecule has 0 spiro atoms. The third-order valence-corrected chi connectivity index (χ3v) is 5.31. The maximum atomic E-state index is 12.7. The molecule has 1 heterocycles. The molecule has 0 N–H and O–H groups in total. The molecule has 7 heteroatoms. The molecule has 1 aliphatic rings. The normalized spacial score (nSPS) is 14.8. The average molecular weight is 389 g/mol. The van der Waals surface area contributed by atoms with Crippen LogP contribution >= 0.6 is 11.6 Å². The number of likely N-dealkylation sites (tertiary alicyclic amines) is 1. The Kier molecular flexibility index (Phi) is 5.96. The maximum absolute atomic E-state index is 12.7. The van der Waals surface area contributed by atoms with E-state index in [1.54, 1.807) is 12.0 Å². The van der Waals surface area contributed by atoms with Gasteiger partial charge in [0.2, 0.25) is 0 Å². The summed E-state index contributed by atoms with van der Waals surface area (Å²) in [6.45, 7) is 1.25. The minimum Gasteiger partial charge on any atom is -0.497 e. The van der Waals surface area contributed by atoms with E-state index in [0.717, 1.165) is 25.0 Å². The Bertz CT molecular complexity index is 830. The molecule has 0 aliphatic carbocycles. The molecule has 1 saturated heterocycles. The molecular formula is C20H21ClN2O4. The van der Waals surface area contributed by atoms with E-state index in [1.807, 2.05) is 12.1 Å². The van der Waals surface area contributed by atoms with Crippen LogP contribution in [0.5, 0.6) is 5.75 Å². The van der Waals surface area contributed by atoms with E-state index in [1.165, 1.54) is 23.8 Å². The van der Waals surface area contributed by atoms with E-state index in [4.69, 9.17) is 16.3 Å². The molecule has 0 unspecified atom stereocenters. The van der Waals surface area contributed by atoms with Gasteiger partial charge in [-0.2, -0.15) is 0 Å². The number of hydrogen-bond donors (Lipinski definition) is 0. The van der Waals surface area contributed by atoms with E-state index in [-0.39, 0.29) is 22.2 Å². The number of hydrogen-bond acceptors (Lipinski definition) is 4.